The van der Waals surface area contributed by atoms with E-state index in [2.05, 4.69) is 38.1 Å². The lowest BCUT2D eigenvalue weighted by molar-refractivity contribution is -0.154. The number of carbonyl (C=O) groups excluding carboxylic acids is 3. The van der Waals surface area contributed by atoms with Crippen molar-refractivity contribution < 1.29 is 19.1 Å². The SMILES string of the molecule is CCCCN(C)C(=O)CCCCCCCc1ccc(C2C[C@]3(C)C(OC(C)=O)CC[C@H]3[C@@H]3CCC4=CC(=O)CCC4=C23)cc1. The van der Waals surface area contributed by atoms with Gasteiger partial charge in [0.25, 0.3) is 0 Å². The smallest absolute Gasteiger partial charge is 0.302 e. The van der Waals surface area contributed by atoms with Crippen LogP contribution >= 0.6 is 0 Å². The maximum Gasteiger partial charge on any atom is 0.302 e. The van der Waals surface area contributed by atoms with Gasteiger partial charge < -0.3 is 9.64 Å². The third-order valence-electron chi connectivity index (χ3n) is 11.5. The zero-order chi connectivity index (χ0) is 31.3. The molecule has 0 bridgehead atoms. The quantitative estimate of drug-likeness (QED) is 0.168. The zero-order valence-electron chi connectivity index (χ0n) is 27.8. The van der Waals surface area contributed by atoms with Gasteiger partial charge in [-0.3, -0.25) is 14.4 Å². The number of hydrogen-bond donors (Lipinski definition) is 0. The molecule has 4 aliphatic carbocycles. The van der Waals surface area contributed by atoms with Gasteiger partial charge in [-0.1, -0.05) is 69.4 Å². The monoisotopic (exact) mass is 601 g/mol. The molecule has 1 aromatic rings. The topological polar surface area (TPSA) is 63.7 Å². The predicted molar refractivity (Wildman–Crippen MR) is 176 cm³/mol. The standard InChI is InChI=1S/C39H55NO4/c1-5-6-24-40(4)37(43)13-11-9-7-8-10-12-28-14-16-29(17-15-28)34-26-39(3)35(22-23-36(39)44-27(2)41)33-20-18-30-25-31(42)19-21-32(30)38(33)34/h14-17,25,33-36H,5-13,18-24,26H2,1-4H3/t33-,34?,35-,36?,39-/m0/s1. The lowest BCUT2D eigenvalue weighted by Crippen LogP contribution is -2.46. The molecule has 5 nitrogen and oxygen atoms in total. The molecule has 1 aromatic carbocycles. The van der Waals surface area contributed by atoms with Gasteiger partial charge in [0.15, 0.2) is 5.78 Å². The van der Waals surface area contributed by atoms with Gasteiger partial charge in [-0.15, -0.1) is 0 Å². The predicted octanol–water partition coefficient (Wildman–Crippen LogP) is 8.66. The average molecular weight is 602 g/mol. The van der Waals surface area contributed by atoms with Crippen molar-refractivity contribution in [2.75, 3.05) is 13.6 Å². The summed E-state index contributed by atoms with van der Waals surface area (Å²) in [4.78, 5) is 38.5. The van der Waals surface area contributed by atoms with Crippen LogP contribution in [0.1, 0.15) is 134 Å². The van der Waals surface area contributed by atoms with Crippen molar-refractivity contribution in [1.82, 2.24) is 4.90 Å². The third kappa shape index (κ3) is 7.23. The van der Waals surface area contributed by atoms with Gasteiger partial charge in [0.2, 0.25) is 5.91 Å². The van der Waals surface area contributed by atoms with E-state index in [9.17, 15) is 14.4 Å². The molecule has 0 saturated heterocycles. The van der Waals surface area contributed by atoms with Crippen molar-refractivity contribution in [1.29, 1.82) is 0 Å². The molecule has 0 aliphatic heterocycles. The number of benzene rings is 1. The number of hydrogen-bond acceptors (Lipinski definition) is 4. The number of amides is 1. The molecule has 2 saturated carbocycles. The number of esters is 1. The largest absolute Gasteiger partial charge is 0.462 e. The van der Waals surface area contributed by atoms with E-state index in [-0.39, 0.29) is 29.2 Å². The number of nitrogens with zero attached hydrogens (tertiary/aromatic N) is 1. The van der Waals surface area contributed by atoms with Crippen LogP contribution in [-0.4, -0.2) is 42.3 Å². The summed E-state index contributed by atoms with van der Waals surface area (Å²) in [6.07, 6.45) is 18.3. The highest BCUT2D eigenvalue weighted by Gasteiger charge is 2.57. The van der Waals surface area contributed by atoms with Crippen molar-refractivity contribution in [2.24, 2.45) is 17.3 Å². The first-order valence-electron chi connectivity index (χ1n) is 17.7. The Hall–Kier alpha value is -2.69. The summed E-state index contributed by atoms with van der Waals surface area (Å²) in [5, 5.41) is 0. The van der Waals surface area contributed by atoms with Crippen LogP contribution in [0.4, 0.5) is 0 Å². The van der Waals surface area contributed by atoms with Gasteiger partial charge in [-0.05, 0) is 104 Å². The van der Waals surface area contributed by atoms with E-state index >= 15 is 0 Å². The van der Waals surface area contributed by atoms with Crippen LogP contribution in [0.25, 0.3) is 0 Å². The molecule has 0 heterocycles. The zero-order valence-corrected chi connectivity index (χ0v) is 27.8. The fourth-order valence-electron chi connectivity index (χ4n) is 9.07. The molecule has 2 fully saturated rings. The molecule has 1 amide bonds. The minimum atomic E-state index is -0.162. The van der Waals surface area contributed by atoms with Gasteiger partial charge in [-0.2, -0.15) is 0 Å². The fraction of sp³-hybridized carbons (Fsp3) is 0.667. The highest BCUT2D eigenvalue weighted by Crippen LogP contribution is 2.64. The van der Waals surface area contributed by atoms with Gasteiger partial charge in [0.1, 0.15) is 6.10 Å². The van der Waals surface area contributed by atoms with E-state index in [1.165, 1.54) is 41.5 Å². The number of allylic oxidation sites excluding steroid dienone is 4. The van der Waals surface area contributed by atoms with Crippen molar-refractivity contribution in [2.45, 2.75) is 136 Å². The molecule has 4 aliphatic rings. The Bertz CT molecular complexity index is 1260. The Labute approximate surface area is 265 Å². The minimum Gasteiger partial charge on any atom is -0.462 e. The number of fused-ring (bicyclic) bond motifs is 4. The third-order valence-corrected chi connectivity index (χ3v) is 11.5. The Balaban J connectivity index is 1.22. The summed E-state index contributed by atoms with van der Waals surface area (Å²) in [6, 6.07) is 9.38. The Morgan fingerprint density at radius 3 is 2.45 bits per heavy atom. The molecular formula is C39H55NO4. The summed E-state index contributed by atoms with van der Waals surface area (Å²) in [5.41, 5.74) is 7.11. The first-order chi connectivity index (χ1) is 21.2. The molecular weight excluding hydrogens is 546 g/mol. The van der Waals surface area contributed by atoms with Crippen molar-refractivity contribution in [3.05, 3.63) is 58.2 Å². The molecule has 2 unspecified atom stereocenters. The minimum absolute atomic E-state index is 0.0108. The number of carbonyl (C=O) groups is 3. The molecule has 44 heavy (non-hydrogen) atoms. The maximum absolute atomic E-state index is 12.3. The fourth-order valence-corrected chi connectivity index (χ4v) is 9.07. The Morgan fingerprint density at radius 1 is 0.955 bits per heavy atom. The summed E-state index contributed by atoms with van der Waals surface area (Å²) in [6.45, 7) is 6.98. The van der Waals surface area contributed by atoms with E-state index < -0.39 is 0 Å². The normalized spacial score (nSPS) is 27.7. The van der Waals surface area contributed by atoms with Crippen molar-refractivity contribution in [3.63, 3.8) is 0 Å². The molecule has 0 aromatic heterocycles. The lowest BCUT2D eigenvalue weighted by Gasteiger charge is -2.52. The van der Waals surface area contributed by atoms with Gasteiger partial charge in [-0.25, -0.2) is 0 Å². The molecule has 5 heteroatoms. The summed E-state index contributed by atoms with van der Waals surface area (Å²) in [7, 11) is 1.93. The highest BCUT2D eigenvalue weighted by atomic mass is 16.5. The summed E-state index contributed by atoms with van der Waals surface area (Å²) in [5.74, 6) is 1.75. The lowest BCUT2D eigenvalue weighted by atomic mass is 9.53. The number of rotatable bonds is 13. The maximum atomic E-state index is 12.3. The number of unbranched alkanes of at least 4 members (excludes halogenated alkanes) is 5. The van der Waals surface area contributed by atoms with Crippen molar-refractivity contribution >= 4 is 17.7 Å². The molecule has 5 rings (SSSR count). The van der Waals surface area contributed by atoms with Crippen LogP contribution in [-0.2, 0) is 25.5 Å². The van der Waals surface area contributed by atoms with Gasteiger partial charge in [0, 0.05) is 44.7 Å². The van der Waals surface area contributed by atoms with Crippen LogP contribution < -0.4 is 0 Å². The van der Waals surface area contributed by atoms with E-state index in [0.29, 0.717) is 30.6 Å². The number of aryl methyl sites for hydroxylation is 1. The molecule has 0 spiro atoms. The van der Waals surface area contributed by atoms with E-state index in [1.807, 2.05) is 18.0 Å². The first kappa shape index (κ1) is 32.7. The Morgan fingerprint density at radius 2 is 1.70 bits per heavy atom. The number of ketones is 1. The van der Waals surface area contributed by atoms with Gasteiger partial charge >= 0.3 is 5.97 Å². The highest BCUT2D eigenvalue weighted by molar-refractivity contribution is 5.93. The van der Waals surface area contributed by atoms with Crippen LogP contribution in [0.15, 0.2) is 47.1 Å². The second-order valence-corrected chi connectivity index (χ2v) is 14.4. The average Bonchev–Trinajstić information content (AvgIpc) is 3.33. The van der Waals surface area contributed by atoms with Crippen LogP contribution in [0, 0.1) is 17.3 Å². The molecule has 240 valence electrons. The van der Waals surface area contributed by atoms with Gasteiger partial charge in [0.05, 0.1) is 0 Å². The van der Waals surface area contributed by atoms with Crippen molar-refractivity contribution in [3.8, 4) is 0 Å². The second-order valence-electron chi connectivity index (χ2n) is 14.4. The van der Waals surface area contributed by atoms with Crippen LogP contribution in [0.3, 0.4) is 0 Å². The molecule has 0 N–H and O–H groups in total. The number of ether oxygens (including phenoxy) is 1. The van der Waals surface area contributed by atoms with E-state index in [0.717, 1.165) is 77.2 Å². The van der Waals surface area contributed by atoms with Crippen LogP contribution in [0.5, 0.6) is 0 Å². The molecule has 5 atom stereocenters. The van der Waals surface area contributed by atoms with E-state index in [4.69, 9.17) is 4.74 Å². The molecule has 0 radical (unpaired) electrons. The second kappa shape index (κ2) is 14.6. The summed E-state index contributed by atoms with van der Waals surface area (Å²) < 4.78 is 5.97. The van der Waals surface area contributed by atoms with E-state index in [1.54, 1.807) is 12.5 Å². The van der Waals surface area contributed by atoms with Crippen LogP contribution in [0.2, 0.25) is 0 Å². The Kier molecular flexibility index (Phi) is 10.9. The first-order valence-corrected chi connectivity index (χ1v) is 17.7. The summed E-state index contributed by atoms with van der Waals surface area (Å²) >= 11 is 0.